The van der Waals surface area contributed by atoms with Gasteiger partial charge in [0.15, 0.2) is 5.82 Å². The van der Waals surface area contributed by atoms with Gasteiger partial charge in [-0.05, 0) is 67.9 Å². The normalized spacial score (nSPS) is 15.9. The Morgan fingerprint density at radius 1 is 1.00 bits per heavy atom. The number of rotatable bonds is 4. The number of nitrogens with zero attached hydrogens (tertiary/aromatic N) is 5. The molecule has 0 unspecified atom stereocenters. The smallest absolute Gasteiger partial charge is 0.326 e. The number of methoxy groups -OCH3 is 1. The monoisotopic (exact) mass is 458 g/mol. The highest BCUT2D eigenvalue weighted by Crippen LogP contribution is 2.39. The molecule has 1 fully saturated rings. The van der Waals surface area contributed by atoms with Gasteiger partial charge in [-0.1, -0.05) is 0 Å². The SMILES string of the molecule is COc1cc2c(cc1N1CCN(C)CC1)N(C(=O)Nc1ccc(-c3ncccn3)c(C)c1)CC2. The highest BCUT2D eigenvalue weighted by Gasteiger charge is 2.28. The number of likely N-dealkylation sites (N-methyl/N-ethyl adjacent to an activating group) is 1. The van der Waals surface area contributed by atoms with E-state index in [4.69, 9.17) is 4.74 Å². The molecule has 1 aromatic heterocycles. The molecule has 176 valence electrons. The zero-order valence-electron chi connectivity index (χ0n) is 19.9. The van der Waals surface area contributed by atoms with Crippen LogP contribution in [0.15, 0.2) is 48.8 Å². The van der Waals surface area contributed by atoms with Gasteiger partial charge >= 0.3 is 6.03 Å². The number of nitrogens with one attached hydrogen (secondary N) is 1. The van der Waals surface area contributed by atoms with Crippen molar-refractivity contribution in [1.29, 1.82) is 0 Å². The maximum atomic E-state index is 13.3. The van der Waals surface area contributed by atoms with Crippen LogP contribution in [-0.2, 0) is 6.42 Å². The Hall–Kier alpha value is -3.65. The number of fused-ring (bicyclic) bond motifs is 1. The van der Waals surface area contributed by atoms with E-state index in [1.807, 2.05) is 30.0 Å². The summed E-state index contributed by atoms with van der Waals surface area (Å²) in [5, 5.41) is 3.07. The number of carbonyl (C=O) groups excluding carboxylic acids is 1. The summed E-state index contributed by atoms with van der Waals surface area (Å²) < 4.78 is 5.72. The Morgan fingerprint density at radius 2 is 1.76 bits per heavy atom. The minimum absolute atomic E-state index is 0.128. The minimum Gasteiger partial charge on any atom is -0.495 e. The predicted octanol–water partition coefficient (Wildman–Crippen LogP) is 3.81. The Morgan fingerprint density at radius 3 is 2.47 bits per heavy atom. The van der Waals surface area contributed by atoms with Gasteiger partial charge in [0.1, 0.15) is 5.75 Å². The van der Waals surface area contributed by atoms with Gasteiger partial charge in [0.25, 0.3) is 0 Å². The molecular weight excluding hydrogens is 428 g/mol. The summed E-state index contributed by atoms with van der Waals surface area (Å²) in [6.45, 7) is 6.54. The van der Waals surface area contributed by atoms with Crippen molar-refractivity contribution in [2.75, 3.05) is 62.0 Å². The second-order valence-electron chi connectivity index (χ2n) is 8.88. The minimum atomic E-state index is -0.128. The number of carbonyl (C=O) groups is 1. The molecule has 2 aliphatic heterocycles. The fraction of sp³-hybridized carbons (Fsp3) is 0.346. The zero-order valence-corrected chi connectivity index (χ0v) is 19.9. The molecule has 2 aromatic carbocycles. The van der Waals surface area contributed by atoms with Crippen LogP contribution in [-0.4, -0.2) is 67.8 Å². The average Bonchev–Trinajstić information content (AvgIpc) is 3.27. The maximum absolute atomic E-state index is 13.3. The van der Waals surface area contributed by atoms with E-state index in [1.165, 1.54) is 0 Å². The summed E-state index contributed by atoms with van der Waals surface area (Å²) in [5.74, 6) is 1.55. The van der Waals surface area contributed by atoms with E-state index in [0.717, 1.165) is 72.1 Å². The molecule has 3 heterocycles. The summed E-state index contributed by atoms with van der Waals surface area (Å²) in [5.41, 5.74) is 5.86. The lowest BCUT2D eigenvalue weighted by atomic mass is 10.1. The predicted molar refractivity (Wildman–Crippen MR) is 135 cm³/mol. The van der Waals surface area contributed by atoms with E-state index >= 15 is 0 Å². The molecule has 8 heteroatoms. The first-order chi connectivity index (χ1) is 16.5. The van der Waals surface area contributed by atoms with Crippen LogP contribution in [0.5, 0.6) is 5.75 Å². The van der Waals surface area contributed by atoms with Gasteiger partial charge < -0.3 is 19.9 Å². The molecule has 0 radical (unpaired) electrons. The largest absolute Gasteiger partial charge is 0.495 e. The van der Waals surface area contributed by atoms with Crippen LogP contribution < -0.4 is 19.9 Å². The molecule has 0 saturated carbocycles. The first kappa shape index (κ1) is 22.2. The highest BCUT2D eigenvalue weighted by atomic mass is 16.5. The zero-order chi connectivity index (χ0) is 23.7. The molecule has 34 heavy (non-hydrogen) atoms. The van der Waals surface area contributed by atoms with Crippen LogP contribution in [0, 0.1) is 6.92 Å². The molecule has 0 spiro atoms. The van der Waals surface area contributed by atoms with Gasteiger partial charge in [-0.15, -0.1) is 0 Å². The van der Waals surface area contributed by atoms with Crippen LogP contribution >= 0.6 is 0 Å². The van der Waals surface area contributed by atoms with Crippen LogP contribution in [0.25, 0.3) is 11.4 Å². The second-order valence-corrected chi connectivity index (χ2v) is 8.88. The van der Waals surface area contributed by atoms with E-state index < -0.39 is 0 Å². The number of urea groups is 1. The number of benzene rings is 2. The average molecular weight is 459 g/mol. The number of aryl methyl sites for hydroxylation is 1. The van der Waals surface area contributed by atoms with Gasteiger partial charge in [-0.3, -0.25) is 4.90 Å². The molecular formula is C26H30N6O2. The third kappa shape index (κ3) is 4.28. The molecule has 0 atom stereocenters. The molecule has 1 N–H and O–H groups in total. The standard InChI is InChI=1S/C26H30N6O2/c1-18-15-20(5-6-21(18)25-27-8-4-9-28-25)29-26(33)32-10-7-19-16-24(34-3)23(17-22(19)32)31-13-11-30(2)12-14-31/h4-6,8-9,15-17H,7,10-14H2,1-3H3,(H,29,33). The van der Waals surface area contributed by atoms with Crippen molar-refractivity contribution in [2.24, 2.45) is 0 Å². The van der Waals surface area contributed by atoms with Crippen LogP contribution in [0.2, 0.25) is 0 Å². The Balaban J connectivity index is 1.36. The van der Waals surface area contributed by atoms with Crippen molar-refractivity contribution in [3.8, 4) is 17.1 Å². The lowest BCUT2D eigenvalue weighted by Gasteiger charge is -2.35. The molecule has 2 aliphatic rings. The molecule has 1 saturated heterocycles. The van der Waals surface area contributed by atoms with Gasteiger partial charge in [0.2, 0.25) is 0 Å². The number of amides is 2. The Labute approximate surface area is 200 Å². The van der Waals surface area contributed by atoms with Crippen molar-refractivity contribution in [2.45, 2.75) is 13.3 Å². The van der Waals surface area contributed by atoms with Crippen molar-refractivity contribution < 1.29 is 9.53 Å². The quantitative estimate of drug-likeness (QED) is 0.641. The molecule has 0 aliphatic carbocycles. The number of hydrogen-bond donors (Lipinski definition) is 1. The van der Waals surface area contributed by atoms with Gasteiger partial charge in [-0.25, -0.2) is 14.8 Å². The number of aromatic nitrogens is 2. The molecule has 0 bridgehead atoms. The summed E-state index contributed by atoms with van der Waals surface area (Å²) >= 11 is 0. The topological polar surface area (TPSA) is 73.8 Å². The Bertz CT molecular complexity index is 1190. The van der Waals surface area contributed by atoms with E-state index in [9.17, 15) is 4.79 Å². The number of anilines is 3. The van der Waals surface area contributed by atoms with Gasteiger partial charge in [0.05, 0.1) is 18.5 Å². The first-order valence-corrected chi connectivity index (χ1v) is 11.6. The Kier molecular flexibility index (Phi) is 6.06. The van der Waals surface area contributed by atoms with Gasteiger partial charge in [0, 0.05) is 56.4 Å². The van der Waals surface area contributed by atoms with Gasteiger partial charge in [-0.2, -0.15) is 0 Å². The maximum Gasteiger partial charge on any atom is 0.326 e. The van der Waals surface area contributed by atoms with Crippen LogP contribution in [0.3, 0.4) is 0 Å². The second kappa shape index (κ2) is 9.30. The molecule has 2 amide bonds. The van der Waals surface area contributed by atoms with E-state index in [1.54, 1.807) is 25.6 Å². The molecule has 5 rings (SSSR count). The number of ether oxygens (including phenoxy) is 1. The van der Waals surface area contributed by atoms with E-state index in [2.05, 4.69) is 44.3 Å². The van der Waals surface area contributed by atoms with E-state index in [-0.39, 0.29) is 6.03 Å². The van der Waals surface area contributed by atoms with Crippen molar-refractivity contribution in [1.82, 2.24) is 14.9 Å². The third-order valence-corrected chi connectivity index (χ3v) is 6.65. The third-order valence-electron chi connectivity index (χ3n) is 6.65. The van der Waals surface area contributed by atoms with Crippen LogP contribution in [0.4, 0.5) is 21.9 Å². The number of hydrogen-bond acceptors (Lipinski definition) is 6. The fourth-order valence-electron chi connectivity index (χ4n) is 4.69. The first-order valence-electron chi connectivity index (χ1n) is 11.6. The summed E-state index contributed by atoms with van der Waals surface area (Å²) in [7, 11) is 3.86. The van der Waals surface area contributed by atoms with Crippen molar-refractivity contribution >= 4 is 23.1 Å². The molecule has 8 nitrogen and oxygen atoms in total. The summed E-state index contributed by atoms with van der Waals surface area (Å²) in [6, 6.07) is 11.7. The highest BCUT2D eigenvalue weighted by molar-refractivity contribution is 6.04. The lowest BCUT2D eigenvalue weighted by Crippen LogP contribution is -2.44. The summed E-state index contributed by atoms with van der Waals surface area (Å²) in [4.78, 5) is 28.4. The summed E-state index contributed by atoms with van der Waals surface area (Å²) in [6.07, 6.45) is 4.27. The fourth-order valence-corrected chi connectivity index (χ4v) is 4.69. The van der Waals surface area contributed by atoms with E-state index in [0.29, 0.717) is 12.4 Å². The van der Waals surface area contributed by atoms with Crippen LogP contribution in [0.1, 0.15) is 11.1 Å². The number of piperazine rings is 1. The van der Waals surface area contributed by atoms with Crippen molar-refractivity contribution in [3.05, 3.63) is 59.9 Å². The lowest BCUT2D eigenvalue weighted by molar-refractivity contribution is 0.257. The van der Waals surface area contributed by atoms with Crippen molar-refractivity contribution in [3.63, 3.8) is 0 Å². The molecule has 3 aromatic rings.